The van der Waals surface area contributed by atoms with Crippen LogP contribution in [0.15, 0.2) is 29.8 Å². The summed E-state index contributed by atoms with van der Waals surface area (Å²) in [5.41, 5.74) is 3.89. The largest absolute Gasteiger partial charge is 0.496 e. The van der Waals surface area contributed by atoms with E-state index in [4.69, 9.17) is 4.74 Å². The predicted octanol–water partition coefficient (Wildman–Crippen LogP) is 3.23. The summed E-state index contributed by atoms with van der Waals surface area (Å²) >= 11 is 0. The molecule has 0 spiro atoms. The molecule has 0 saturated carbocycles. The minimum absolute atomic E-state index is 0.255. The first-order valence-electron chi connectivity index (χ1n) is 9.37. The molecule has 1 saturated heterocycles. The number of nitrogens with zero attached hydrogens (tertiary/aromatic N) is 2. The summed E-state index contributed by atoms with van der Waals surface area (Å²) in [7, 11) is 1.72. The van der Waals surface area contributed by atoms with E-state index in [9.17, 15) is 5.11 Å². The summed E-state index contributed by atoms with van der Waals surface area (Å²) in [4.78, 5) is 5.06. The Labute approximate surface area is 153 Å². The van der Waals surface area contributed by atoms with Gasteiger partial charge in [0, 0.05) is 45.4 Å². The molecule has 4 nitrogen and oxygen atoms in total. The van der Waals surface area contributed by atoms with E-state index in [1.165, 1.54) is 16.7 Å². The highest BCUT2D eigenvalue weighted by Crippen LogP contribution is 2.22. The maximum Gasteiger partial charge on any atom is 0.121 e. The molecule has 1 aliphatic rings. The van der Waals surface area contributed by atoms with E-state index >= 15 is 0 Å². The van der Waals surface area contributed by atoms with Crippen LogP contribution in [-0.2, 0) is 6.54 Å². The summed E-state index contributed by atoms with van der Waals surface area (Å²) in [6.07, 6.45) is 4.27. The summed E-state index contributed by atoms with van der Waals surface area (Å²) in [5, 5.41) is 9.48. The average molecular weight is 347 g/mol. The van der Waals surface area contributed by atoms with E-state index in [0.29, 0.717) is 6.04 Å². The molecular formula is C21H34N2O2. The van der Waals surface area contributed by atoms with Gasteiger partial charge in [-0.3, -0.25) is 4.90 Å². The number of hydrogen-bond acceptors (Lipinski definition) is 4. The van der Waals surface area contributed by atoms with E-state index in [1.807, 2.05) is 0 Å². The third-order valence-corrected chi connectivity index (χ3v) is 4.99. The van der Waals surface area contributed by atoms with Gasteiger partial charge in [-0.25, -0.2) is 0 Å². The van der Waals surface area contributed by atoms with Crippen molar-refractivity contribution in [3.8, 4) is 5.75 Å². The van der Waals surface area contributed by atoms with E-state index in [0.717, 1.165) is 51.3 Å². The lowest BCUT2D eigenvalue weighted by atomic mass is 10.1. The van der Waals surface area contributed by atoms with Crippen molar-refractivity contribution in [1.29, 1.82) is 0 Å². The topological polar surface area (TPSA) is 35.9 Å². The van der Waals surface area contributed by atoms with Crippen LogP contribution in [0.3, 0.4) is 0 Å². The second-order valence-electron chi connectivity index (χ2n) is 7.31. The second-order valence-corrected chi connectivity index (χ2v) is 7.31. The van der Waals surface area contributed by atoms with E-state index in [1.54, 1.807) is 7.11 Å². The van der Waals surface area contributed by atoms with Gasteiger partial charge in [-0.1, -0.05) is 23.8 Å². The molecule has 0 aromatic heterocycles. The average Bonchev–Trinajstić information content (AvgIpc) is 2.57. The number of piperazine rings is 1. The normalized spacial score (nSPS) is 19.0. The van der Waals surface area contributed by atoms with Crippen LogP contribution in [0, 0.1) is 6.92 Å². The minimum atomic E-state index is 0.255. The van der Waals surface area contributed by atoms with Crippen LogP contribution in [0.2, 0.25) is 0 Å². The Morgan fingerprint density at radius 3 is 2.76 bits per heavy atom. The Morgan fingerprint density at radius 1 is 1.32 bits per heavy atom. The Kier molecular flexibility index (Phi) is 7.94. The van der Waals surface area contributed by atoms with Crippen molar-refractivity contribution < 1.29 is 9.84 Å². The molecule has 1 atom stereocenters. The van der Waals surface area contributed by atoms with Crippen molar-refractivity contribution in [3.63, 3.8) is 0 Å². The molecule has 1 heterocycles. The van der Waals surface area contributed by atoms with Gasteiger partial charge in [-0.05, 0) is 50.8 Å². The van der Waals surface area contributed by atoms with Gasteiger partial charge in [0.1, 0.15) is 5.75 Å². The van der Waals surface area contributed by atoms with Gasteiger partial charge in [0.2, 0.25) is 0 Å². The number of aliphatic hydroxyl groups is 1. The molecule has 0 amide bonds. The molecule has 1 N–H and O–H groups in total. The molecule has 0 unspecified atom stereocenters. The van der Waals surface area contributed by atoms with E-state index < -0.39 is 0 Å². The molecule has 1 aromatic carbocycles. The van der Waals surface area contributed by atoms with Gasteiger partial charge in [0.25, 0.3) is 0 Å². The number of benzene rings is 1. The van der Waals surface area contributed by atoms with Crippen LogP contribution in [-0.4, -0.2) is 60.8 Å². The molecule has 0 bridgehead atoms. The van der Waals surface area contributed by atoms with E-state index in [2.05, 4.69) is 54.8 Å². The zero-order valence-corrected chi connectivity index (χ0v) is 16.3. The van der Waals surface area contributed by atoms with Crippen molar-refractivity contribution in [2.45, 2.75) is 46.2 Å². The maximum absolute atomic E-state index is 9.48. The first-order chi connectivity index (χ1) is 12.0. The van der Waals surface area contributed by atoms with Gasteiger partial charge in [0.05, 0.1) is 7.11 Å². The lowest BCUT2D eigenvalue weighted by Gasteiger charge is -2.41. The summed E-state index contributed by atoms with van der Waals surface area (Å²) in [6.45, 7) is 11.9. The standard InChI is InChI=1S/C21H34N2O2/c1-17(2)6-5-10-22-11-12-23(20(16-22)9-13-24)15-19-7-8-21(25-4)18(3)14-19/h6-8,14,20,24H,5,9-13,15-16H2,1-4H3/t20-/m0/s1. The number of rotatable bonds is 8. The van der Waals surface area contributed by atoms with Crippen LogP contribution < -0.4 is 4.74 Å². The van der Waals surface area contributed by atoms with Crippen LogP contribution in [0.5, 0.6) is 5.75 Å². The number of ether oxygens (including phenoxy) is 1. The lowest BCUT2D eigenvalue weighted by molar-refractivity contribution is 0.0546. The molecule has 25 heavy (non-hydrogen) atoms. The highest BCUT2D eigenvalue weighted by atomic mass is 16.5. The first-order valence-corrected chi connectivity index (χ1v) is 9.37. The highest BCUT2D eigenvalue weighted by Gasteiger charge is 2.26. The van der Waals surface area contributed by atoms with Gasteiger partial charge < -0.3 is 14.7 Å². The number of allylic oxidation sites excluding steroid dienone is 1. The number of hydrogen-bond donors (Lipinski definition) is 1. The van der Waals surface area contributed by atoms with Crippen LogP contribution in [0.1, 0.15) is 37.8 Å². The highest BCUT2D eigenvalue weighted by molar-refractivity contribution is 5.36. The van der Waals surface area contributed by atoms with Crippen molar-refractivity contribution in [3.05, 3.63) is 41.0 Å². The molecule has 0 aliphatic carbocycles. The fourth-order valence-electron chi connectivity index (χ4n) is 3.60. The third-order valence-electron chi connectivity index (χ3n) is 4.99. The predicted molar refractivity (Wildman–Crippen MR) is 104 cm³/mol. The van der Waals surface area contributed by atoms with Crippen molar-refractivity contribution in [1.82, 2.24) is 9.80 Å². The second kappa shape index (κ2) is 9.95. The molecular weight excluding hydrogens is 312 g/mol. The molecule has 1 fully saturated rings. The SMILES string of the molecule is COc1ccc(CN2CCN(CCC=C(C)C)C[C@@H]2CCO)cc1C. The number of aryl methyl sites for hydroxylation is 1. The van der Waals surface area contributed by atoms with Gasteiger partial charge in [-0.15, -0.1) is 0 Å². The van der Waals surface area contributed by atoms with Gasteiger partial charge in [0.15, 0.2) is 0 Å². The third kappa shape index (κ3) is 6.14. The van der Waals surface area contributed by atoms with Gasteiger partial charge >= 0.3 is 0 Å². The first kappa shape index (κ1) is 20.0. The molecule has 1 aliphatic heterocycles. The van der Waals surface area contributed by atoms with E-state index in [-0.39, 0.29) is 6.61 Å². The molecule has 2 rings (SSSR count). The fraction of sp³-hybridized carbons (Fsp3) is 0.619. The Bertz CT molecular complexity index is 567. The number of aliphatic hydroxyl groups excluding tert-OH is 1. The lowest BCUT2D eigenvalue weighted by Crippen LogP contribution is -2.53. The van der Waals surface area contributed by atoms with Crippen LogP contribution in [0.25, 0.3) is 0 Å². The van der Waals surface area contributed by atoms with Crippen LogP contribution >= 0.6 is 0 Å². The van der Waals surface area contributed by atoms with Crippen LogP contribution in [0.4, 0.5) is 0 Å². The monoisotopic (exact) mass is 346 g/mol. The summed E-state index contributed by atoms with van der Waals surface area (Å²) < 4.78 is 5.36. The van der Waals surface area contributed by atoms with Crippen molar-refractivity contribution >= 4 is 0 Å². The Morgan fingerprint density at radius 2 is 2.12 bits per heavy atom. The summed E-state index contributed by atoms with van der Waals surface area (Å²) in [5.74, 6) is 0.944. The minimum Gasteiger partial charge on any atom is -0.496 e. The Hall–Kier alpha value is -1.36. The van der Waals surface area contributed by atoms with Gasteiger partial charge in [-0.2, -0.15) is 0 Å². The number of methoxy groups -OCH3 is 1. The smallest absolute Gasteiger partial charge is 0.121 e. The zero-order chi connectivity index (χ0) is 18.2. The van der Waals surface area contributed by atoms with Crippen molar-refractivity contribution in [2.75, 3.05) is 39.9 Å². The zero-order valence-electron chi connectivity index (χ0n) is 16.3. The molecule has 140 valence electrons. The Balaban J connectivity index is 1.96. The maximum atomic E-state index is 9.48. The molecule has 0 radical (unpaired) electrons. The summed E-state index contributed by atoms with van der Waals surface area (Å²) in [6, 6.07) is 6.85. The fourth-order valence-corrected chi connectivity index (χ4v) is 3.60. The molecule has 4 heteroatoms. The van der Waals surface area contributed by atoms with Crippen molar-refractivity contribution in [2.24, 2.45) is 0 Å². The quantitative estimate of drug-likeness (QED) is 0.733. The molecule has 1 aromatic rings.